The van der Waals surface area contributed by atoms with Gasteiger partial charge >= 0.3 is 0 Å². The SMILES string of the molecule is Cc1ccc(S(=O)(=O)Nc2nc(C)c(C(=O)N3CCCCCC3)s2)cc1. The number of likely N-dealkylation sites (tertiary alicyclic amines) is 1. The standard InChI is InChI=1S/C18H23N3O3S2/c1-13-7-9-15(10-8-13)26(23,24)20-18-19-14(2)16(25-18)17(22)21-11-5-3-4-6-12-21/h7-10H,3-6,11-12H2,1-2H3,(H,19,20). The molecule has 1 aliphatic heterocycles. The van der Waals surface area contributed by atoms with E-state index in [1.165, 1.54) is 0 Å². The summed E-state index contributed by atoms with van der Waals surface area (Å²) in [5.41, 5.74) is 1.55. The molecule has 1 fully saturated rings. The van der Waals surface area contributed by atoms with E-state index in [9.17, 15) is 13.2 Å². The summed E-state index contributed by atoms with van der Waals surface area (Å²) in [5.74, 6) is -0.0531. The van der Waals surface area contributed by atoms with Gasteiger partial charge < -0.3 is 4.90 Å². The maximum Gasteiger partial charge on any atom is 0.265 e. The van der Waals surface area contributed by atoms with Gasteiger partial charge in [-0.05, 0) is 38.8 Å². The second-order valence-corrected chi connectivity index (χ2v) is 9.24. The average Bonchev–Trinajstić information content (AvgIpc) is 2.80. The summed E-state index contributed by atoms with van der Waals surface area (Å²) in [6.07, 6.45) is 4.31. The van der Waals surface area contributed by atoms with Gasteiger partial charge in [0, 0.05) is 13.1 Å². The zero-order valence-corrected chi connectivity index (χ0v) is 16.6. The highest BCUT2D eigenvalue weighted by Gasteiger charge is 2.24. The van der Waals surface area contributed by atoms with Gasteiger partial charge in [-0.3, -0.25) is 9.52 Å². The molecule has 2 heterocycles. The summed E-state index contributed by atoms with van der Waals surface area (Å²) in [5, 5.41) is 0.223. The Kier molecular flexibility index (Phi) is 5.62. The number of sulfonamides is 1. The third-order valence-corrected chi connectivity index (χ3v) is 6.98. The van der Waals surface area contributed by atoms with Crippen molar-refractivity contribution >= 4 is 32.4 Å². The van der Waals surface area contributed by atoms with Crippen molar-refractivity contribution in [3.8, 4) is 0 Å². The van der Waals surface area contributed by atoms with Crippen LogP contribution in [0.25, 0.3) is 0 Å². The largest absolute Gasteiger partial charge is 0.338 e. The molecule has 26 heavy (non-hydrogen) atoms. The van der Waals surface area contributed by atoms with Crippen LogP contribution in [0.4, 0.5) is 5.13 Å². The first-order valence-electron chi connectivity index (χ1n) is 8.73. The van der Waals surface area contributed by atoms with E-state index in [1.807, 2.05) is 11.8 Å². The van der Waals surface area contributed by atoms with Crippen molar-refractivity contribution in [3.63, 3.8) is 0 Å². The van der Waals surface area contributed by atoms with Crippen LogP contribution in [-0.2, 0) is 10.0 Å². The number of hydrogen-bond acceptors (Lipinski definition) is 5. The van der Waals surface area contributed by atoms with Gasteiger partial charge in [-0.25, -0.2) is 13.4 Å². The topological polar surface area (TPSA) is 79.4 Å². The molecule has 0 atom stereocenters. The Bertz CT molecular complexity index is 881. The number of anilines is 1. The minimum Gasteiger partial charge on any atom is -0.338 e. The van der Waals surface area contributed by atoms with Gasteiger partial charge in [0.1, 0.15) is 4.88 Å². The highest BCUT2D eigenvalue weighted by atomic mass is 32.2. The number of rotatable bonds is 4. The smallest absolute Gasteiger partial charge is 0.265 e. The summed E-state index contributed by atoms with van der Waals surface area (Å²) in [6.45, 7) is 5.14. The van der Waals surface area contributed by atoms with Gasteiger partial charge in [-0.1, -0.05) is 41.9 Å². The molecular weight excluding hydrogens is 370 g/mol. The third-order valence-electron chi connectivity index (χ3n) is 4.44. The predicted molar refractivity (Wildman–Crippen MR) is 103 cm³/mol. The van der Waals surface area contributed by atoms with Crippen molar-refractivity contribution in [2.45, 2.75) is 44.4 Å². The molecule has 140 valence electrons. The summed E-state index contributed by atoms with van der Waals surface area (Å²) in [4.78, 5) is 19.6. The van der Waals surface area contributed by atoms with E-state index < -0.39 is 10.0 Å². The Morgan fingerprint density at radius 2 is 1.69 bits per heavy atom. The Labute approximate surface area is 158 Å². The quantitative estimate of drug-likeness (QED) is 0.861. The van der Waals surface area contributed by atoms with Gasteiger partial charge in [-0.15, -0.1) is 0 Å². The number of benzene rings is 1. The zero-order chi connectivity index (χ0) is 18.7. The first-order valence-corrected chi connectivity index (χ1v) is 11.0. The normalized spacial score (nSPS) is 15.5. The number of amides is 1. The van der Waals surface area contributed by atoms with E-state index in [2.05, 4.69) is 9.71 Å². The van der Waals surface area contributed by atoms with Crippen LogP contribution >= 0.6 is 11.3 Å². The molecule has 1 N–H and O–H groups in total. The average molecular weight is 394 g/mol. The highest BCUT2D eigenvalue weighted by molar-refractivity contribution is 7.93. The van der Waals surface area contributed by atoms with E-state index >= 15 is 0 Å². The van der Waals surface area contributed by atoms with E-state index in [0.717, 1.165) is 55.7 Å². The summed E-state index contributed by atoms with van der Waals surface area (Å²) < 4.78 is 27.5. The number of nitrogens with zero attached hydrogens (tertiary/aromatic N) is 2. The summed E-state index contributed by atoms with van der Waals surface area (Å²) in [6, 6.07) is 6.61. The zero-order valence-electron chi connectivity index (χ0n) is 15.0. The van der Waals surface area contributed by atoms with E-state index in [4.69, 9.17) is 0 Å². The molecule has 6 nitrogen and oxygen atoms in total. The van der Waals surface area contributed by atoms with E-state index in [-0.39, 0.29) is 15.9 Å². The van der Waals surface area contributed by atoms with Crippen LogP contribution in [0.5, 0.6) is 0 Å². The first-order chi connectivity index (χ1) is 12.4. The van der Waals surface area contributed by atoms with Gasteiger partial charge in [0.15, 0.2) is 5.13 Å². The first kappa shape index (κ1) is 18.8. The fourth-order valence-corrected chi connectivity index (χ4v) is 5.12. The molecular formula is C18H23N3O3S2. The molecule has 0 saturated carbocycles. The van der Waals surface area contributed by atoms with Crippen LogP contribution in [0, 0.1) is 13.8 Å². The maximum atomic E-state index is 12.8. The molecule has 0 unspecified atom stereocenters. The fraction of sp³-hybridized carbons (Fsp3) is 0.444. The van der Waals surface area contributed by atoms with E-state index in [0.29, 0.717) is 10.6 Å². The lowest BCUT2D eigenvalue weighted by Gasteiger charge is -2.19. The molecule has 0 bridgehead atoms. The Hall–Kier alpha value is -1.93. The number of aryl methyl sites for hydroxylation is 2. The van der Waals surface area contributed by atoms with Crippen LogP contribution in [0.3, 0.4) is 0 Å². The van der Waals surface area contributed by atoms with Crippen LogP contribution < -0.4 is 4.72 Å². The molecule has 0 spiro atoms. The number of nitrogens with one attached hydrogen (secondary N) is 1. The molecule has 0 aliphatic carbocycles. The minimum atomic E-state index is -3.72. The number of thiazole rings is 1. The molecule has 1 aromatic carbocycles. The molecule has 0 radical (unpaired) electrons. The van der Waals surface area contributed by atoms with Crippen LogP contribution in [0.2, 0.25) is 0 Å². The van der Waals surface area contributed by atoms with Crippen LogP contribution in [0.15, 0.2) is 29.2 Å². The third kappa shape index (κ3) is 4.24. The lowest BCUT2D eigenvalue weighted by atomic mass is 10.2. The van der Waals surface area contributed by atoms with Gasteiger partial charge in [0.05, 0.1) is 10.6 Å². The van der Waals surface area contributed by atoms with Crippen molar-refractivity contribution in [2.75, 3.05) is 17.8 Å². The molecule has 2 aromatic rings. The van der Waals surface area contributed by atoms with Gasteiger partial charge in [0.2, 0.25) is 0 Å². The van der Waals surface area contributed by atoms with Crippen LogP contribution in [-0.4, -0.2) is 37.3 Å². The lowest BCUT2D eigenvalue weighted by molar-refractivity contribution is 0.0765. The second kappa shape index (κ2) is 7.75. The number of aromatic nitrogens is 1. The van der Waals surface area contributed by atoms with Crippen molar-refractivity contribution in [3.05, 3.63) is 40.4 Å². The monoisotopic (exact) mass is 393 g/mol. The lowest BCUT2D eigenvalue weighted by Crippen LogP contribution is -2.31. The minimum absolute atomic E-state index is 0.0531. The number of carbonyl (C=O) groups excluding carboxylic acids is 1. The second-order valence-electron chi connectivity index (χ2n) is 6.56. The van der Waals surface area contributed by atoms with Crippen molar-refractivity contribution < 1.29 is 13.2 Å². The van der Waals surface area contributed by atoms with Crippen molar-refractivity contribution in [1.82, 2.24) is 9.88 Å². The van der Waals surface area contributed by atoms with Gasteiger partial charge in [0.25, 0.3) is 15.9 Å². The number of hydrogen-bond donors (Lipinski definition) is 1. The van der Waals surface area contributed by atoms with Gasteiger partial charge in [-0.2, -0.15) is 0 Å². The summed E-state index contributed by atoms with van der Waals surface area (Å²) in [7, 11) is -3.72. The molecule has 1 saturated heterocycles. The molecule has 1 aromatic heterocycles. The van der Waals surface area contributed by atoms with Crippen molar-refractivity contribution in [1.29, 1.82) is 0 Å². The van der Waals surface area contributed by atoms with Crippen molar-refractivity contribution in [2.24, 2.45) is 0 Å². The Morgan fingerprint density at radius 1 is 1.08 bits per heavy atom. The molecule has 8 heteroatoms. The Morgan fingerprint density at radius 3 is 2.31 bits per heavy atom. The number of carbonyl (C=O) groups is 1. The molecule has 3 rings (SSSR count). The fourth-order valence-electron chi connectivity index (χ4n) is 2.95. The Balaban J connectivity index is 1.79. The maximum absolute atomic E-state index is 12.8. The summed E-state index contributed by atoms with van der Waals surface area (Å²) >= 11 is 1.10. The molecule has 1 amide bonds. The van der Waals surface area contributed by atoms with Crippen LogP contribution in [0.1, 0.15) is 46.6 Å². The highest BCUT2D eigenvalue weighted by Crippen LogP contribution is 2.27. The molecule has 1 aliphatic rings. The predicted octanol–water partition coefficient (Wildman–Crippen LogP) is 3.58. The van der Waals surface area contributed by atoms with E-state index in [1.54, 1.807) is 31.2 Å².